The van der Waals surface area contributed by atoms with Crippen molar-refractivity contribution in [2.24, 2.45) is 0 Å². The van der Waals surface area contributed by atoms with Crippen molar-refractivity contribution >= 4 is 0 Å². The van der Waals surface area contributed by atoms with Crippen molar-refractivity contribution in [2.45, 2.75) is 25.3 Å². The van der Waals surface area contributed by atoms with Gasteiger partial charge in [-0.25, -0.2) is 0 Å². The SMILES string of the molecule is COc1ccccc1-c1noc([C@H]2CCCCN2)n1. The Morgan fingerprint density at radius 3 is 3.00 bits per heavy atom. The molecule has 0 radical (unpaired) electrons. The molecule has 0 spiro atoms. The molecule has 1 aliphatic rings. The quantitative estimate of drug-likeness (QED) is 0.918. The van der Waals surface area contributed by atoms with Crippen LogP contribution in [0.2, 0.25) is 0 Å². The molecule has 0 bridgehead atoms. The molecule has 5 nitrogen and oxygen atoms in total. The van der Waals surface area contributed by atoms with Gasteiger partial charge in [-0.2, -0.15) is 4.98 Å². The first-order valence-corrected chi connectivity index (χ1v) is 6.59. The highest BCUT2D eigenvalue weighted by Gasteiger charge is 2.22. The second kappa shape index (κ2) is 5.40. The zero-order chi connectivity index (χ0) is 13.1. The summed E-state index contributed by atoms with van der Waals surface area (Å²) in [6.45, 7) is 1.01. The van der Waals surface area contributed by atoms with Crippen molar-refractivity contribution in [3.05, 3.63) is 30.2 Å². The largest absolute Gasteiger partial charge is 0.496 e. The van der Waals surface area contributed by atoms with Gasteiger partial charge in [0.1, 0.15) is 5.75 Å². The van der Waals surface area contributed by atoms with Crippen molar-refractivity contribution in [2.75, 3.05) is 13.7 Å². The number of aromatic nitrogens is 2. The van der Waals surface area contributed by atoms with Gasteiger partial charge >= 0.3 is 0 Å². The minimum absolute atomic E-state index is 0.185. The predicted molar refractivity (Wildman–Crippen MR) is 70.9 cm³/mol. The molecule has 1 fully saturated rings. The number of rotatable bonds is 3. The normalized spacial score (nSPS) is 19.3. The van der Waals surface area contributed by atoms with Crippen LogP contribution in [0.4, 0.5) is 0 Å². The van der Waals surface area contributed by atoms with E-state index < -0.39 is 0 Å². The van der Waals surface area contributed by atoms with E-state index in [0.717, 1.165) is 24.3 Å². The fourth-order valence-electron chi connectivity index (χ4n) is 2.38. The average molecular weight is 259 g/mol. The molecular formula is C14H17N3O2. The summed E-state index contributed by atoms with van der Waals surface area (Å²) in [5, 5.41) is 7.47. The molecule has 1 aromatic carbocycles. The van der Waals surface area contributed by atoms with Gasteiger partial charge in [-0.1, -0.05) is 23.7 Å². The first-order valence-electron chi connectivity index (χ1n) is 6.59. The zero-order valence-electron chi connectivity index (χ0n) is 10.9. The number of piperidine rings is 1. The monoisotopic (exact) mass is 259 g/mol. The third kappa shape index (κ3) is 2.46. The summed E-state index contributed by atoms with van der Waals surface area (Å²) in [4.78, 5) is 4.49. The number of ether oxygens (including phenoxy) is 1. The number of nitrogens with one attached hydrogen (secondary N) is 1. The van der Waals surface area contributed by atoms with Gasteiger partial charge in [0, 0.05) is 0 Å². The Labute approximate surface area is 112 Å². The molecule has 2 heterocycles. The van der Waals surface area contributed by atoms with Gasteiger partial charge in [0.05, 0.1) is 18.7 Å². The van der Waals surface area contributed by atoms with Gasteiger partial charge in [-0.3, -0.25) is 0 Å². The Kier molecular flexibility index (Phi) is 3.46. The number of methoxy groups -OCH3 is 1. The van der Waals surface area contributed by atoms with E-state index in [0.29, 0.717) is 11.7 Å². The number of hydrogen-bond donors (Lipinski definition) is 1. The van der Waals surface area contributed by atoms with Gasteiger partial charge in [-0.05, 0) is 31.5 Å². The lowest BCUT2D eigenvalue weighted by Gasteiger charge is -2.19. The van der Waals surface area contributed by atoms with Crippen LogP contribution in [-0.4, -0.2) is 23.8 Å². The lowest BCUT2D eigenvalue weighted by atomic mass is 10.1. The van der Waals surface area contributed by atoms with E-state index in [2.05, 4.69) is 15.5 Å². The third-order valence-electron chi connectivity index (χ3n) is 3.40. The highest BCUT2D eigenvalue weighted by atomic mass is 16.5. The minimum Gasteiger partial charge on any atom is -0.496 e. The number of benzene rings is 1. The Hall–Kier alpha value is -1.88. The molecule has 3 rings (SSSR count). The Balaban J connectivity index is 1.88. The molecular weight excluding hydrogens is 242 g/mol. The lowest BCUT2D eigenvalue weighted by Crippen LogP contribution is -2.26. The molecule has 1 N–H and O–H groups in total. The van der Waals surface area contributed by atoms with Crippen molar-refractivity contribution in [3.8, 4) is 17.1 Å². The average Bonchev–Trinajstić information content (AvgIpc) is 2.98. The molecule has 1 aromatic heterocycles. The maximum absolute atomic E-state index is 5.38. The minimum atomic E-state index is 0.185. The van der Waals surface area contributed by atoms with E-state index in [1.165, 1.54) is 12.8 Å². The molecule has 100 valence electrons. The van der Waals surface area contributed by atoms with Crippen LogP contribution < -0.4 is 10.1 Å². The fourth-order valence-corrected chi connectivity index (χ4v) is 2.38. The van der Waals surface area contributed by atoms with Crippen LogP contribution >= 0.6 is 0 Å². The van der Waals surface area contributed by atoms with Crippen molar-refractivity contribution in [1.82, 2.24) is 15.5 Å². The Morgan fingerprint density at radius 1 is 1.32 bits per heavy atom. The summed E-state index contributed by atoms with van der Waals surface area (Å²) in [5.41, 5.74) is 0.857. The van der Waals surface area contributed by atoms with E-state index in [9.17, 15) is 0 Å². The molecule has 1 atom stereocenters. The third-order valence-corrected chi connectivity index (χ3v) is 3.40. The maximum atomic E-state index is 5.38. The fraction of sp³-hybridized carbons (Fsp3) is 0.429. The summed E-state index contributed by atoms with van der Waals surface area (Å²) < 4.78 is 10.7. The second-order valence-electron chi connectivity index (χ2n) is 4.66. The molecule has 19 heavy (non-hydrogen) atoms. The van der Waals surface area contributed by atoms with Crippen molar-refractivity contribution in [3.63, 3.8) is 0 Å². The van der Waals surface area contributed by atoms with Crippen LogP contribution in [-0.2, 0) is 0 Å². The standard InChI is InChI=1S/C14H17N3O2/c1-18-12-8-3-2-6-10(12)13-16-14(19-17-13)11-7-4-5-9-15-11/h2-3,6,8,11,15H,4-5,7,9H2,1H3/t11-/m1/s1. The summed E-state index contributed by atoms with van der Waals surface area (Å²) in [7, 11) is 1.64. The van der Waals surface area contributed by atoms with Gasteiger partial charge in [0.2, 0.25) is 11.7 Å². The van der Waals surface area contributed by atoms with Crippen LogP contribution in [0.5, 0.6) is 5.75 Å². The summed E-state index contributed by atoms with van der Waals surface area (Å²) in [6, 6.07) is 7.87. The summed E-state index contributed by atoms with van der Waals surface area (Å²) >= 11 is 0. The van der Waals surface area contributed by atoms with Crippen LogP contribution in [0.25, 0.3) is 11.4 Å². The van der Waals surface area contributed by atoms with Crippen molar-refractivity contribution < 1.29 is 9.26 Å². The number of nitrogens with zero attached hydrogens (tertiary/aromatic N) is 2. The summed E-state index contributed by atoms with van der Waals surface area (Å²) in [6.07, 6.45) is 3.46. The topological polar surface area (TPSA) is 60.2 Å². The molecule has 2 aromatic rings. The maximum Gasteiger partial charge on any atom is 0.244 e. The molecule has 1 saturated heterocycles. The van der Waals surface area contributed by atoms with Crippen LogP contribution in [0.1, 0.15) is 31.2 Å². The number of hydrogen-bond acceptors (Lipinski definition) is 5. The molecule has 0 aliphatic carbocycles. The zero-order valence-corrected chi connectivity index (χ0v) is 10.9. The van der Waals surface area contributed by atoms with E-state index in [-0.39, 0.29) is 6.04 Å². The summed E-state index contributed by atoms with van der Waals surface area (Å²) in [5.74, 6) is 2.01. The van der Waals surface area contributed by atoms with Gasteiger partial charge in [0.15, 0.2) is 0 Å². The van der Waals surface area contributed by atoms with Crippen LogP contribution in [0, 0.1) is 0 Å². The van der Waals surface area contributed by atoms with Crippen LogP contribution in [0.15, 0.2) is 28.8 Å². The Bertz CT molecular complexity index is 547. The van der Waals surface area contributed by atoms with E-state index in [4.69, 9.17) is 9.26 Å². The predicted octanol–water partition coefficient (Wildman–Crippen LogP) is 2.56. The van der Waals surface area contributed by atoms with Gasteiger partial charge < -0.3 is 14.6 Å². The molecule has 0 saturated carbocycles. The van der Waals surface area contributed by atoms with Gasteiger partial charge in [-0.15, -0.1) is 0 Å². The lowest BCUT2D eigenvalue weighted by molar-refractivity contribution is 0.297. The highest BCUT2D eigenvalue weighted by molar-refractivity contribution is 5.63. The van der Waals surface area contributed by atoms with Crippen LogP contribution in [0.3, 0.4) is 0 Å². The Morgan fingerprint density at radius 2 is 2.21 bits per heavy atom. The van der Waals surface area contributed by atoms with E-state index in [1.807, 2.05) is 24.3 Å². The molecule has 1 aliphatic heterocycles. The first kappa shape index (κ1) is 12.2. The molecule has 0 amide bonds. The highest BCUT2D eigenvalue weighted by Crippen LogP contribution is 2.29. The smallest absolute Gasteiger partial charge is 0.244 e. The molecule has 5 heteroatoms. The van der Waals surface area contributed by atoms with Crippen molar-refractivity contribution in [1.29, 1.82) is 0 Å². The van der Waals surface area contributed by atoms with Gasteiger partial charge in [0.25, 0.3) is 0 Å². The first-order chi connectivity index (χ1) is 9.38. The second-order valence-corrected chi connectivity index (χ2v) is 4.66. The van der Waals surface area contributed by atoms with E-state index >= 15 is 0 Å². The molecule has 0 unspecified atom stereocenters. The van der Waals surface area contributed by atoms with E-state index in [1.54, 1.807) is 7.11 Å². The number of para-hydroxylation sites is 1.